The molecular weight excluding hydrogens is 290 g/mol. The molecule has 0 aliphatic carbocycles. The Bertz CT molecular complexity index is 432. The Balaban J connectivity index is 2.11. The maximum Gasteiger partial charge on any atom is 0.547 e. The fourth-order valence-corrected chi connectivity index (χ4v) is 3.05. The van der Waals surface area contributed by atoms with Gasteiger partial charge in [-0.3, -0.25) is 0 Å². The number of nitrogens with zero attached hydrogens (tertiary/aromatic N) is 3. The van der Waals surface area contributed by atoms with Crippen molar-refractivity contribution in [1.82, 2.24) is 0 Å². The number of carboxylic acid groups (broad SMARTS) is 1. The molecule has 1 atom stereocenters. The summed E-state index contributed by atoms with van der Waals surface area (Å²) in [6.07, 6.45) is 12.9. The van der Waals surface area contributed by atoms with Gasteiger partial charge >= 0.3 is 6.09 Å². The highest BCUT2D eigenvalue weighted by Gasteiger charge is 2.45. The molecule has 23 heavy (non-hydrogen) atoms. The molecule has 5 nitrogen and oxygen atoms in total. The lowest BCUT2D eigenvalue weighted by atomic mass is 10.1. The molecule has 1 rings (SSSR count). The van der Waals surface area contributed by atoms with E-state index < -0.39 is 6.09 Å². The van der Waals surface area contributed by atoms with Gasteiger partial charge in [-0.25, -0.2) is 0 Å². The fraction of sp³-hybridized carbons (Fsp3) is 0.833. The Labute approximate surface area is 141 Å². The molecule has 1 aliphatic rings. The van der Waals surface area contributed by atoms with Crippen molar-refractivity contribution in [3.63, 3.8) is 0 Å². The minimum atomic E-state index is -0.921. The van der Waals surface area contributed by atoms with Crippen molar-refractivity contribution in [2.24, 2.45) is 10.3 Å². The van der Waals surface area contributed by atoms with E-state index in [1.165, 1.54) is 57.8 Å². The number of amides is 1. The first-order valence-electron chi connectivity index (χ1n) is 9.27. The molecule has 0 aromatic heterocycles. The number of allylic oxidation sites excluding steroid dienone is 2. The number of hydrogen-bond donors (Lipinski definition) is 1. The van der Waals surface area contributed by atoms with E-state index in [9.17, 15) is 9.90 Å². The van der Waals surface area contributed by atoms with Gasteiger partial charge in [0.15, 0.2) is 5.70 Å². The number of rotatable bonds is 12. The molecular formula is C18H34N3O2+. The van der Waals surface area contributed by atoms with Gasteiger partial charge in [0.25, 0.3) is 0 Å². The first-order valence-corrected chi connectivity index (χ1v) is 9.27. The highest BCUT2D eigenvalue weighted by atomic mass is 16.4. The SMILES string of the molecule is CCCCCCCCCCCCC[N+]1(C(=O)O)N=NC(C)=C1C. The second-order valence-electron chi connectivity index (χ2n) is 6.67. The van der Waals surface area contributed by atoms with E-state index >= 15 is 0 Å². The summed E-state index contributed by atoms with van der Waals surface area (Å²) in [6.45, 7) is 6.40. The summed E-state index contributed by atoms with van der Waals surface area (Å²) in [4.78, 5) is 11.6. The average Bonchev–Trinajstić information content (AvgIpc) is 2.82. The van der Waals surface area contributed by atoms with Gasteiger partial charge in [0.1, 0.15) is 12.2 Å². The van der Waals surface area contributed by atoms with Crippen LogP contribution in [0.15, 0.2) is 21.7 Å². The molecule has 1 amide bonds. The third-order valence-electron chi connectivity index (χ3n) is 4.83. The second-order valence-corrected chi connectivity index (χ2v) is 6.67. The fourth-order valence-electron chi connectivity index (χ4n) is 3.05. The highest BCUT2D eigenvalue weighted by Crippen LogP contribution is 2.30. The maximum atomic E-state index is 11.6. The highest BCUT2D eigenvalue weighted by molar-refractivity contribution is 5.58. The molecule has 0 bridgehead atoms. The quantitative estimate of drug-likeness (QED) is 0.332. The summed E-state index contributed by atoms with van der Waals surface area (Å²) in [5, 5.41) is 17.5. The molecule has 0 fully saturated rings. The zero-order valence-electron chi connectivity index (χ0n) is 15.2. The van der Waals surface area contributed by atoms with E-state index in [0.29, 0.717) is 6.54 Å². The number of quaternary nitrogens is 1. The Morgan fingerprint density at radius 3 is 1.78 bits per heavy atom. The lowest BCUT2D eigenvalue weighted by Crippen LogP contribution is -2.44. The molecule has 0 spiro atoms. The first-order chi connectivity index (χ1) is 11.0. The van der Waals surface area contributed by atoms with E-state index in [-0.39, 0.29) is 4.59 Å². The molecule has 0 aromatic carbocycles. The van der Waals surface area contributed by atoms with Gasteiger partial charge in [0.2, 0.25) is 0 Å². The normalized spacial score (nSPS) is 20.5. The summed E-state index contributed by atoms with van der Waals surface area (Å²) in [5.41, 5.74) is 1.47. The van der Waals surface area contributed by atoms with Crippen LogP contribution >= 0.6 is 0 Å². The molecule has 0 aromatic rings. The Kier molecular flexibility index (Phi) is 9.07. The molecule has 1 heterocycles. The van der Waals surface area contributed by atoms with Crippen LogP contribution in [0.3, 0.4) is 0 Å². The largest absolute Gasteiger partial charge is 0.547 e. The van der Waals surface area contributed by atoms with Crippen LogP contribution in [-0.2, 0) is 0 Å². The van der Waals surface area contributed by atoms with Gasteiger partial charge in [-0.2, -0.15) is 4.79 Å². The van der Waals surface area contributed by atoms with Crippen molar-refractivity contribution in [2.75, 3.05) is 6.54 Å². The van der Waals surface area contributed by atoms with E-state index in [2.05, 4.69) is 17.3 Å². The van der Waals surface area contributed by atoms with Crippen LogP contribution in [0.1, 0.15) is 91.4 Å². The van der Waals surface area contributed by atoms with Crippen LogP contribution in [0.2, 0.25) is 0 Å². The van der Waals surface area contributed by atoms with Crippen LogP contribution < -0.4 is 0 Å². The van der Waals surface area contributed by atoms with Crippen LogP contribution in [0.4, 0.5) is 4.79 Å². The number of hydrogen-bond acceptors (Lipinski definition) is 3. The molecule has 1 N–H and O–H groups in total. The summed E-state index contributed by atoms with van der Waals surface area (Å²) in [6, 6.07) is 0. The van der Waals surface area contributed by atoms with E-state index in [0.717, 1.165) is 24.2 Å². The van der Waals surface area contributed by atoms with Crippen molar-refractivity contribution in [3.05, 3.63) is 11.4 Å². The lowest BCUT2D eigenvalue weighted by molar-refractivity contribution is -0.827. The van der Waals surface area contributed by atoms with Gasteiger partial charge in [0.05, 0.1) is 0 Å². The smallest absolute Gasteiger partial charge is 0.433 e. The first kappa shape index (κ1) is 19.8. The van der Waals surface area contributed by atoms with Gasteiger partial charge in [0, 0.05) is 18.6 Å². The zero-order chi connectivity index (χ0) is 17.1. The summed E-state index contributed by atoms with van der Waals surface area (Å²) in [5.74, 6) is 0. The average molecular weight is 324 g/mol. The number of unbranched alkanes of at least 4 members (excludes halogenated alkanes) is 10. The van der Waals surface area contributed by atoms with Crippen molar-refractivity contribution in [3.8, 4) is 0 Å². The molecule has 1 unspecified atom stereocenters. The summed E-state index contributed by atoms with van der Waals surface area (Å²) in [7, 11) is 0. The van der Waals surface area contributed by atoms with Crippen LogP contribution in [-0.4, -0.2) is 22.3 Å². The van der Waals surface area contributed by atoms with E-state index in [4.69, 9.17) is 0 Å². The maximum absolute atomic E-state index is 11.6. The standard InChI is InChI=1S/C18H33N3O2/c1-4-5-6-7-8-9-10-11-12-13-14-15-21(18(22)23)17(3)16(2)19-20-21/h4-15H2,1-3H3/p+1. The van der Waals surface area contributed by atoms with Gasteiger partial charge in [-0.15, -0.1) is 0 Å². The van der Waals surface area contributed by atoms with Crippen LogP contribution in [0.25, 0.3) is 0 Å². The van der Waals surface area contributed by atoms with Crippen molar-refractivity contribution >= 4 is 6.09 Å². The Morgan fingerprint density at radius 2 is 1.39 bits per heavy atom. The Hall–Kier alpha value is -1.23. The lowest BCUT2D eigenvalue weighted by Gasteiger charge is -2.21. The topological polar surface area (TPSA) is 62.0 Å². The molecule has 0 saturated heterocycles. The van der Waals surface area contributed by atoms with Crippen LogP contribution in [0, 0.1) is 0 Å². The zero-order valence-corrected chi connectivity index (χ0v) is 15.2. The molecule has 132 valence electrons. The predicted molar refractivity (Wildman–Crippen MR) is 92.8 cm³/mol. The van der Waals surface area contributed by atoms with Crippen LogP contribution in [0.5, 0.6) is 0 Å². The molecule has 5 heteroatoms. The molecule has 0 radical (unpaired) electrons. The van der Waals surface area contributed by atoms with E-state index in [1.54, 1.807) is 0 Å². The van der Waals surface area contributed by atoms with Gasteiger partial charge < -0.3 is 5.11 Å². The minimum Gasteiger partial charge on any atom is -0.433 e. The van der Waals surface area contributed by atoms with Gasteiger partial charge in [-0.05, 0) is 17.9 Å². The summed E-state index contributed by atoms with van der Waals surface area (Å²) >= 11 is 0. The van der Waals surface area contributed by atoms with E-state index in [1.807, 2.05) is 13.8 Å². The number of carbonyl (C=O) groups is 1. The van der Waals surface area contributed by atoms with Gasteiger partial charge in [-0.1, -0.05) is 69.8 Å². The minimum absolute atomic E-state index is 0.344. The predicted octanol–water partition coefficient (Wildman–Crippen LogP) is 6.42. The van der Waals surface area contributed by atoms with Crippen molar-refractivity contribution in [2.45, 2.75) is 91.4 Å². The van der Waals surface area contributed by atoms with Crippen molar-refractivity contribution < 1.29 is 14.5 Å². The third-order valence-corrected chi connectivity index (χ3v) is 4.83. The second kappa shape index (κ2) is 10.5. The molecule has 0 saturated carbocycles. The Morgan fingerprint density at radius 1 is 0.913 bits per heavy atom. The molecule has 1 aliphatic heterocycles. The monoisotopic (exact) mass is 324 g/mol. The van der Waals surface area contributed by atoms with Crippen molar-refractivity contribution in [1.29, 1.82) is 0 Å². The third kappa shape index (κ3) is 6.05. The summed E-state index contributed by atoms with van der Waals surface area (Å²) < 4.78 is -0.344.